The van der Waals surface area contributed by atoms with E-state index in [0.29, 0.717) is 32.3 Å². The molecule has 0 spiro atoms. The molecule has 1 heterocycles. The number of hydrogen-bond acceptors (Lipinski definition) is 5. The van der Waals surface area contributed by atoms with Crippen LogP contribution in [-0.4, -0.2) is 30.1 Å². The molecule has 0 aliphatic carbocycles. The summed E-state index contributed by atoms with van der Waals surface area (Å²) in [7, 11) is 0. The van der Waals surface area contributed by atoms with Crippen molar-refractivity contribution in [2.75, 3.05) is 6.61 Å². The van der Waals surface area contributed by atoms with Crippen molar-refractivity contribution in [3.05, 3.63) is 23.3 Å². The summed E-state index contributed by atoms with van der Waals surface area (Å²) < 4.78 is 11.6. The van der Waals surface area contributed by atoms with Crippen molar-refractivity contribution < 1.29 is 19.1 Å². The normalized spacial score (nSPS) is 25.2. The lowest BCUT2D eigenvalue weighted by atomic mass is 9.87. The minimum atomic E-state index is -0.612. The molecule has 0 amide bonds. The van der Waals surface area contributed by atoms with Crippen LogP contribution < -0.4 is 0 Å². The van der Waals surface area contributed by atoms with Gasteiger partial charge in [0.15, 0.2) is 0 Å². The molecule has 1 unspecified atom stereocenters. The molecule has 1 fully saturated rings. The predicted octanol–water partition coefficient (Wildman–Crippen LogP) is 4.67. The molecule has 0 aromatic heterocycles. The number of allylic oxidation sites excluding steroid dienone is 3. The average molecular weight is 376 g/mol. The van der Waals surface area contributed by atoms with Crippen LogP contribution in [-0.2, 0) is 19.1 Å². The van der Waals surface area contributed by atoms with Crippen molar-refractivity contribution in [1.82, 2.24) is 0 Å². The summed E-state index contributed by atoms with van der Waals surface area (Å²) in [5.41, 5.74) is 1.46. The zero-order valence-corrected chi connectivity index (χ0v) is 17.3. The molecule has 0 N–H and O–H groups in total. The average Bonchev–Trinajstić information content (AvgIpc) is 2.73. The third kappa shape index (κ3) is 8.09. The maximum atomic E-state index is 12.2. The second-order valence-corrected chi connectivity index (χ2v) is 7.91. The Morgan fingerprint density at radius 3 is 2.70 bits per heavy atom. The van der Waals surface area contributed by atoms with Crippen LogP contribution in [0, 0.1) is 17.2 Å². The molecular formula is C22H33NO4. The van der Waals surface area contributed by atoms with E-state index in [1.165, 1.54) is 13.0 Å². The van der Waals surface area contributed by atoms with E-state index in [1.54, 1.807) is 0 Å². The maximum Gasteiger partial charge on any atom is 0.303 e. The number of ether oxygens (including phenoxy) is 2. The maximum absolute atomic E-state index is 12.2. The van der Waals surface area contributed by atoms with Crippen LogP contribution >= 0.6 is 0 Å². The number of hydrogen-bond donors (Lipinski definition) is 0. The van der Waals surface area contributed by atoms with Gasteiger partial charge in [-0.25, -0.2) is 0 Å². The standard InChI is InChI=1S/C22H33NO4/c1-16(2)8-10-20(25)17(3)7-6-13-22(5)21(27-18(4)24)11-9-19(12-14-23)15-26-22/h8,12,17,21H,6-7,9-11,13,15H2,1-5H3/t17?,21-,22+/m1/s1. The highest BCUT2D eigenvalue weighted by molar-refractivity contribution is 5.82. The Hall–Kier alpha value is -1.93. The first-order chi connectivity index (χ1) is 12.7. The van der Waals surface area contributed by atoms with E-state index in [9.17, 15) is 9.59 Å². The third-order valence-corrected chi connectivity index (χ3v) is 5.14. The Balaban J connectivity index is 2.70. The van der Waals surface area contributed by atoms with Crippen molar-refractivity contribution in [2.24, 2.45) is 5.92 Å². The lowest BCUT2D eigenvalue weighted by Gasteiger charge is -2.35. The minimum Gasteiger partial charge on any atom is -0.459 e. The molecule has 0 bridgehead atoms. The number of Topliss-reactive ketones (excluding diaryl/α,β-unsaturated/α-hetero) is 1. The summed E-state index contributed by atoms with van der Waals surface area (Å²) in [5.74, 6) is -0.0806. The monoisotopic (exact) mass is 375 g/mol. The van der Waals surface area contributed by atoms with Crippen LogP contribution in [0.4, 0.5) is 0 Å². The first-order valence-corrected chi connectivity index (χ1v) is 9.72. The fourth-order valence-electron chi connectivity index (χ4n) is 3.29. The van der Waals surface area contributed by atoms with E-state index in [2.05, 4.69) is 0 Å². The first-order valence-electron chi connectivity index (χ1n) is 9.72. The molecule has 0 radical (unpaired) electrons. The highest BCUT2D eigenvalue weighted by Gasteiger charge is 2.39. The van der Waals surface area contributed by atoms with E-state index in [-0.39, 0.29) is 23.8 Å². The van der Waals surface area contributed by atoms with Crippen LogP contribution in [0.15, 0.2) is 23.3 Å². The number of nitrogens with zero attached hydrogens (tertiary/aromatic N) is 1. The molecule has 27 heavy (non-hydrogen) atoms. The summed E-state index contributed by atoms with van der Waals surface area (Å²) >= 11 is 0. The summed E-state index contributed by atoms with van der Waals surface area (Å²) in [5, 5.41) is 8.88. The minimum absolute atomic E-state index is 0.00352. The predicted molar refractivity (Wildman–Crippen MR) is 105 cm³/mol. The number of esters is 1. The van der Waals surface area contributed by atoms with Gasteiger partial charge in [-0.1, -0.05) is 18.6 Å². The highest BCUT2D eigenvalue weighted by atomic mass is 16.6. The van der Waals surface area contributed by atoms with Gasteiger partial charge >= 0.3 is 5.97 Å². The molecular weight excluding hydrogens is 342 g/mol. The van der Waals surface area contributed by atoms with Gasteiger partial charge < -0.3 is 9.47 Å². The third-order valence-electron chi connectivity index (χ3n) is 5.14. The quantitative estimate of drug-likeness (QED) is 0.350. The number of carbonyl (C=O) groups excluding carboxylic acids is 2. The fourth-order valence-corrected chi connectivity index (χ4v) is 3.29. The van der Waals surface area contributed by atoms with Crippen LogP contribution in [0.25, 0.3) is 0 Å². The lowest BCUT2D eigenvalue weighted by Crippen LogP contribution is -2.43. The number of nitriles is 1. The van der Waals surface area contributed by atoms with E-state index in [4.69, 9.17) is 14.7 Å². The summed E-state index contributed by atoms with van der Waals surface area (Å²) in [6, 6.07) is 2.05. The molecule has 1 saturated heterocycles. The second kappa shape index (κ2) is 11.0. The van der Waals surface area contributed by atoms with Gasteiger partial charge in [0, 0.05) is 25.3 Å². The number of carbonyl (C=O) groups is 2. The van der Waals surface area contributed by atoms with Crippen LogP contribution in [0.3, 0.4) is 0 Å². The Kier molecular flexibility index (Phi) is 9.45. The van der Waals surface area contributed by atoms with Crippen molar-refractivity contribution in [3.8, 4) is 6.07 Å². The van der Waals surface area contributed by atoms with Gasteiger partial charge in [0.2, 0.25) is 0 Å². The first kappa shape index (κ1) is 23.1. The van der Waals surface area contributed by atoms with Crippen LogP contribution in [0.5, 0.6) is 0 Å². The van der Waals surface area contributed by atoms with Gasteiger partial charge in [-0.15, -0.1) is 0 Å². The lowest BCUT2D eigenvalue weighted by molar-refractivity contribution is -0.167. The van der Waals surface area contributed by atoms with E-state index in [0.717, 1.165) is 24.0 Å². The summed E-state index contributed by atoms with van der Waals surface area (Å²) in [6.07, 6.45) is 7.22. The molecule has 5 nitrogen and oxygen atoms in total. The van der Waals surface area contributed by atoms with Crippen LogP contribution in [0.1, 0.15) is 73.1 Å². The van der Waals surface area contributed by atoms with Crippen LogP contribution in [0.2, 0.25) is 0 Å². The van der Waals surface area contributed by atoms with Gasteiger partial charge in [0.25, 0.3) is 0 Å². The second-order valence-electron chi connectivity index (χ2n) is 7.91. The zero-order valence-electron chi connectivity index (χ0n) is 17.3. The molecule has 0 aromatic carbocycles. The molecule has 5 heteroatoms. The van der Waals surface area contributed by atoms with Crippen molar-refractivity contribution >= 4 is 11.8 Å². The highest BCUT2D eigenvalue weighted by Crippen LogP contribution is 2.34. The smallest absolute Gasteiger partial charge is 0.303 e. The Morgan fingerprint density at radius 1 is 1.41 bits per heavy atom. The molecule has 1 aliphatic heterocycles. The van der Waals surface area contributed by atoms with Gasteiger partial charge in [-0.3, -0.25) is 9.59 Å². The van der Waals surface area contributed by atoms with E-state index < -0.39 is 5.60 Å². The summed E-state index contributed by atoms with van der Waals surface area (Å²) in [6.45, 7) is 9.69. The molecule has 3 atom stereocenters. The Labute approximate surface area is 163 Å². The number of ketones is 1. The molecule has 150 valence electrons. The van der Waals surface area contributed by atoms with E-state index in [1.807, 2.05) is 39.8 Å². The zero-order chi connectivity index (χ0) is 20.4. The SMILES string of the molecule is CC(=O)O[C@@H]1CCC(=CC#N)CO[C@@]1(C)CCCC(C)C(=O)CC=C(C)C. The Morgan fingerprint density at radius 2 is 2.11 bits per heavy atom. The van der Waals surface area contributed by atoms with Gasteiger partial charge in [0.1, 0.15) is 17.5 Å². The largest absolute Gasteiger partial charge is 0.459 e. The summed E-state index contributed by atoms with van der Waals surface area (Å²) in [4.78, 5) is 23.7. The molecule has 1 aliphatic rings. The van der Waals surface area contributed by atoms with Gasteiger partial charge in [0.05, 0.1) is 12.7 Å². The van der Waals surface area contributed by atoms with Crippen molar-refractivity contribution in [3.63, 3.8) is 0 Å². The molecule has 0 saturated carbocycles. The van der Waals surface area contributed by atoms with Gasteiger partial charge in [-0.05, 0) is 58.4 Å². The van der Waals surface area contributed by atoms with E-state index >= 15 is 0 Å². The molecule has 1 rings (SSSR count). The van der Waals surface area contributed by atoms with Crippen molar-refractivity contribution in [2.45, 2.75) is 84.8 Å². The number of rotatable bonds is 8. The van der Waals surface area contributed by atoms with Crippen molar-refractivity contribution in [1.29, 1.82) is 5.26 Å². The topological polar surface area (TPSA) is 76.4 Å². The van der Waals surface area contributed by atoms with Gasteiger partial charge in [-0.2, -0.15) is 5.26 Å². The Bertz CT molecular complexity index is 625. The fraction of sp³-hybridized carbons (Fsp3) is 0.682. The molecule has 0 aromatic rings.